The highest BCUT2D eigenvalue weighted by Gasteiger charge is 2.25. The summed E-state index contributed by atoms with van der Waals surface area (Å²) in [5, 5.41) is 11.5. The summed E-state index contributed by atoms with van der Waals surface area (Å²) in [5.74, 6) is -0.945. The lowest BCUT2D eigenvalue weighted by Crippen LogP contribution is -2.44. The SMILES string of the molecule is O=C(O)CNCC1CCCN(C(=O)c2c[nH]ccc2=O)C1. The number of carboxylic acids is 1. The smallest absolute Gasteiger partial charge is 0.317 e. The van der Waals surface area contributed by atoms with Gasteiger partial charge in [-0.2, -0.15) is 0 Å². The van der Waals surface area contributed by atoms with Crippen molar-refractivity contribution in [2.75, 3.05) is 26.2 Å². The van der Waals surface area contributed by atoms with Crippen LogP contribution in [0.15, 0.2) is 23.3 Å². The predicted octanol–water partition coefficient (Wildman–Crippen LogP) is -0.0987. The van der Waals surface area contributed by atoms with E-state index < -0.39 is 5.97 Å². The van der Waals surface area contributed by atoms with E-state index in [1.54, 1.807) is 4.90 Å². The summed E-state index contributed by atoms with van der Waals surface area (Å²) in [4.78, 5) is 38.9. The molecule has 2 rings (SSSR count). The van der Waals surface area contributed by atoms with E-state index in [1.165, 1.54) is 18.5 Å². The van der Waals surface area contributed by atoms with Crippen LogP contribution < -0.4 is 10.7 Å². The summed E-state index contributed by atoms with van der Waals surface area (Å²) in [7, 11) is 0. The molecule has 1 saturated heterocycles. The van der Waals surface area contributed by atoms with Crippen molar-refractivity contribution in [2.24, 2.45) is 5.92 Å². The second-order valence-corrected chi connectivity index (χ2v) is 5.21. The van der Waals surface area contributed by atoms with Gasteiger partial charge in [0.1, 0.15) is 5.56 Å². The third-order valence-corrected chi connectivity index (χ3v) is 3.57. The van der Waals surface area contributed by atoms with E-state index in [-0.39, 0.29) is 29.4 Å². The number of carbonyl (C=O) groups excluding carboxylic acids is 1. The number of hydrogen-bond acceptors (Lipinski definition) is 4. The molecule has 114 valence electrons. The number of aromatic amines is 1. The van der Waals surface area contributed by atoms with Gasteiger partial charge in [0, 0.05) is 38.1 Å². The fourth-order valence-corrected chi connectivity index (χ4v) is 2.55. The number of carbonyl (C=O) groups is 2. The normalized spacial score (nSPS) is 18.5. The van der Waals surface area contributed by atoms with Gasteiger partial charge in [0.25, 0.3) is 5.91 Å². The van der Waals surface area contributed by atoms with Crippen molar-refractivity contribution >= 4 is 11.9 Å². The molecule has 0 spiro atoms. The van der Waals surface area contributed by atoms with Gasteiger partial charge in [-0.05, 0) is 18.8 Å². The summed E-state index contributed by atoms with van der Waals surface area (Å²) in [6, 6.07) is 1.34. The fourth-order valence-electron chi connectivity index (χ4n) is 2.55. The number of carboxylic acid groups (broad SMARTS) is 1. The number of aromatic nitrogens is 1. The molecule has 1 amide bonds. The first-order valence-corrected chi connectivity index (χ1v) is 6.97. The number of nitrogens with zero attached hydrogens (tertiary/aromatic N) is 1. The molecule has 7 nitrogen and oxygen atoms in total. The van der Waals surface area contributed by atoms with Crippen LogP contribution in [0.5, 0.6) is 0 Å². The molecular formula is C14H19N3O4. The first kappa shape index (κ1) is 15.2. The van der Waals surface area contributed by atoms with Gasteiger partial charge in [-0.15, -0.1) is 0 Å². The third-order valence-electron chi connectivity index (χ3n) is 3.57. The van der Waals surface area contributed by atoms with Crippen LogP contribution in [0.1, 0.15) is 23.2 Å². The molecule has 0 aromatic carbocycles. The number of piperidine rings is 1. The van der Waals surface area contributed by atoms with Crippen molar-refractivity contribution in [3.63, 3.8) is 0 Å². The van der Waals surface area contributed by atoms with E-state index in [9.17, 15) is 14.4 Å². The molecule has 0 bridgehead atoms. The molecular weight excluding hydrogens is 274 g/mol. The number of hydrogen-bond donors (Lipinski definition) is 3. The molecule has 7 heteroatoms. The lowest BCUT2D eigenvalue weighted by Gasteiger charge is -2.32. The van der Waals surface area contributed by atoms with Gasteiger partial charge in [0.15, 0.2) is 5.43 Å². The number of aliphatic carboxylic acids is 1. The maximum absolute atomic E-state index is 12.3. The number of nitrogens with one attached hydrogen (secondary N) is 2. The zero-order valence-corrected chi connectivity index (χ0v) is 11.7. The van der Waals surface area contributed by atoms with Crippen LogP contribution in [0.3, 0.4) is 0 Å². The van der Waals surface area contributed by atoms with E-state index in [0.29, 0.717) is 19.6 Å². The number of likely N-dealkylation sites (tertiary alicyclic amines) is 1. The van der Waals surface area contributed by atoms with Crippen LogP contribution in [-0.2, 0) is 4.79 Å². The lowest BCUT2D eigenvalue weighted by atomic mass is 9.97. The summed E-state index contributed by atoms with van der Waals surface area (Å²) in [6.45, 7) is 1.65. The van der Waals surface area contributed by atoms with Gasteiger partial charge in [-0.25, -0.2) is 0 Å². The molecule has 0 aliphatic carbocycles. The Hall–Kier alpha value is -2.15. The minimum absolute atomic E-state index is 0.0806. The Morgan fingerprint density at radius 1 is 1.48 bits per heavy atom. The standard InChI is InChI=1S/C14H19N3O4/c18-12-3-4-15-7-11(12)14(21)17-5-1-2-10(9-17)6-16-8-13(19)20/h3-4,7,10,16H,1-2,5-6,8-9H2,(H,15,18)(H,19,20). The average Bonchev–Trinajstić information content (AvgIpc) is 2.47. The van der Waals surface area contributed by atoms with E-state index >= 15 is 0 Å². The van der Waals surface area contributed by atoms with Gasteiger partial charge >= 0.3 is 5.97 Å². The van der Waals surface area contributed by atoms with Gasteiger partial charge in [-0.1, -0.05) is 0 Å². The molecule has 1 aliphatic heterocycles. The van der Waals surface area contributed by atoms with E-state index in [4.69, 9.17) is 5.11 Å². The quantitative estimate of drug-likeness (QED) is 0.703. The molecule has 1 aromatic rings. The number of rotatable bonds is 5. The number of H-pyrrole nitrogens is 1. The highest BCUT2D eigenvalue weighted by Crippen LogP contribution is 2.17. The molecule has 1 unspecified atom stereocenters. The molecule has 1 fully saturated rings. The van der Waals surface area contributed by atoms with E-state index in [1.807, 2.05) is 0 Å². The predicted molar refractivity (Wildman–Crippen MR) is 76.2 cm³/mol. The van der Waals surface area contributed by atoms with Crippen LogP contribution in [0, 0.1) is 5.92 Å². The Morgan fingerprint density at radius 2 is 2.29 bits per heavy atom. The first-order chi connectivity index (χ1) is 10.1. The van der Waals surface area contributed by atoms with Gasteiger partial charge in [0.05, 0.1) is 6.54 Å². The average molecular weight is 293 g/mol. The zero-order valence-electron chi connectivity index (χ0n) is 11.7. The molecule has 0 radical (unpaired) electrons. The monoisotopic (exact) mass is 293 g/mol. The molecule has 1 aliphatic rings. The second kappa shape index (κ2) is 7.03. The van der Waals surface area contributed by atoms with Crippen molar-refractivity contribution < 1.29 is 14.7 Å². The van der Waals surface area contributed by atoms with E-state index in [0.717, 1.165) is 12.8 Å². The molecule has 3 N–H and O–H groups in total. The van der Waals surface area contributed by atoms with Gasteiger partial charge in [-0.3, -0.25) is 14.4 Å². The second-order valence-electron chi connectivity index (χ2n) is 5.21. The van der Waals surface area contributed by atoms with Gasteiger partial charge in [0.2, 0.25) is 0 Å². The van der Waals surface area contributed by atoms with Crippen LogP contribution in [-0.4, -0.2) is 53.0 Å². The van der Waals surface area contributed by atoms with Crippen molar-refractivity contribution in [1.29, 1.82) is 0 Å². The number of pyridine rings is 1. The van der Waals surface area contributed by atoms with Crippen molar-refractivity contribution in [2.45, 2.75) is 12.8 Å². The Labute approximate surface area is 122 Å². The Morgan fingerprint density at radius 3 is 3.00 bits per heavy atom. The minimum Gasteiger partial charge on any atom is -0.480 e. The maximum atomic E-state index is 12.3. The summed E-state index contributed by atoms with van der Waals surface area (Å²) < 4.78 is 0. The van der Waals surface area contributed by atoms with E-state index in [2.05, 4.69) is 10.3 Å². The third kappa shape index (κ3) is 4.16. The summed E-state index contributed by atoms with van der Waals surface area (Å²) in [5.41, 5.74) is -0.137. The molecule has 1 atom stereocenters. The Balaban J connectivity index is 1.94. The number of amides is 1. The summed E-state index contributed by atoms with van der Waals surface area (Å²) in [6.07, 6.45) is 4.72. The van der Waals surface area contributed by atoms with Crippen molar-refractivity contribution in [3.05, 3.63) is 34.2 Å². The molecule has 1 aromatic heterocycles. The highest BCUT2D eigenvalue weighted by atomic mass is 16.4. The highest BCUT2D eigenvalue weighted by molar-refractivity contribution is 5.93. The Bertz CT molecular complexity index is 569. The van der Waals surface area contributed by atoms with Crippen LogP contribution >= 0.6 is 0 Å². The molecule has 0 saturated carbocycles. The molecule has 2 heterocycles. The summed E-state index contributed by atoms with van der Waals surface area (Å²) >= 11 is 0. The minimum atomic E-state index is -0.894. The lowest BCUT2D eigenvalue weighted by molar-refractivity contribution is -0.136. The first-order valence-electron chi connectivity index (χ1n) is 6.97. The van der Waals surface area contributed by atoms with Crippen LogP contribution in [0.4, 0.5) is 0 Å². The maximum Gasteiger partial charge on any atom is 0.317 e. The Kier molecular flexibility index (Phi) is 5.10. The van der Waals surface area contributed by atoms with Crippen molar-refractivity contribution in [1.82, 2.24) is 15.2 Å². The largest absolute Gasteiger partial charge is 0.480 e. The van der Waals surface area contributed by atoms with Crippen LogP contribution in [0.2, 0.25) is 0 Å². The van der Waals surface area contributed by atoms with Crippen LogP contribution in [0.25, 0.3) is 0 Å². The van der Waals surface area contributed by atoms with Crippen molar-refractivity contribution in [3.8, 4) is 0 Å². The molecule has 21 heavy (non-hydrogen) atoms. The topological polar surface area (TPSA) is 102 Å². The van der Waals surface area contributed by atoms with Gasteiger partial charge < -0.3 is 20.3 Å². The fraction of sp³-hybridized carbons (Fsp3) is 0.500. The zero-order chi connectivity index (χ0) is 15.2.